The molecule has 1 aliphatic heterocycles. The Morgan fingerprint density at radius 3 is 2.61 bits per heavy atom. The third-order valence-corrected chi connectivity index (χ3v) is 4.02. The predicted octanol–water partition coefficient (Wildman–Crippen LogP) is 0.141. The summed E-state index contributed by atoms with van der Waals surface area (Å²) >= 11 is 0. The van der Waals surface area contributed by atoms with E-state index in [0.29, 0.717) is 18.9 Å². The zero-order valence-electron chi connectivity index (χ0n) is 10.1. The molecule has 1 saturated carbocycles. The van der Waals surface area contributed by atoms with Crippen molar-refractivity contribution < 1.29 is 4.92 Å². The van der Waals surface area contributed by atoms with Gasteiger partial charge in [-0.3, -0.25) is 10.1 Å². The van der Waals surface area contributed by atoms with Crippen LogP contribution in [0, 0.1) is 10.1 Å². The normalized spacial score (nSPS) is 31.1. The Morgan fingerprint density at radius 2 is 1.89 bits per heavy atom. The molecule has 2 aliphatic rings. The van der Waals surface area contributed by atoms with Crippen LogP contribution in [-0.4, -0.2) is 30.0 Å². The first-order valence-electron chi connectivity index (χ1n) is 6.44. The van der Waals surface area contributed by atoms with Gasteiger partial charge in [0.2, 0.25) is 6.04 Å². The van der Waals surface area contributed by atoms with E-state index in [1.165, 1.54) is 5.46 Å². The first-order valence-corrected chi connectivity index (χ1v) is 6.44. The van der Waals surface area contributed by atoms with Crippen LogP contribution >= 0.6 is 0 Å². The number of benzene rings is 1. The summed E-state index contributed by atoms with van der Waals surface area (Å²) in [4.78, 5) is 10.7. The molecule has 6 heteroatoms. The number of fused-ring (bicyclic) bond motifs is 1. The maximum absolute atomic E-state index is 10.9. The number of nitro groups is 1. The molecule has 0 spiro atoms. The average molecular weight is 245 g/mol. The standard InChI is InChI=1S/C12H16BN3O2/c17-16(18)10-6-7-11-12(8-10)15-13(14-11)9-4-2-1-3-5-9/h1-5,10-12,14-15H,6-8H2. The van der Waals surface area contributed by atoms with E-state index in [1.807, 2.05) is 18.2 Å². The van der Waals surface area contributed by atoms with Crippen molar-refractivity contribution in [3.63, 3.8) is 0 Å². The van der Waals surface area contributed by atoms with Crippen LogP contribution in [0.3, 0.4) is 0 Å². The van der Waals surface area contributed by atoms with E-state index in [4.69, 9.17) is 0 Å². The van der Waals surface area contributed by atoms with Crippen molar-refractivity contribution in [2.75, 3.05) is 0 Å². The topological polar surface area (TPSA) is 67.2 Å². The minimum absolute atomic E-state index is 0.131. The van der Waals surface area contributed by atoms with Gasteiger partial charge >= 0.3 is 6.98 Å². The molecular weight excluding hydrogens is 229 g/mol. The Balaban J connectivity index is 1.70. The molecule has 5 nitrogen and oxygen atoms in total. The fourth-order valence-electron chi connectivity index (χ4n) is 3.04. The van der Waals surface area contributed by atoms with Gasteiger partial charge in [-0.1, -0.05) is 30.3 Å². The molecule has 3 unspecified atom stereocenters. The molecular formula is C12H16BN3O2. The molecule has 2 fully saturated rings. The highest BCUT2D eigenvalue weighted by molar-refractivity contribution is 6.69. The van der Waals surface area contributed by atoms with Gasteiger partial charge in [0.1, 0.15) is 0 Å². The molecule has 94 valence electrons. The summed E-state index contributed by atoms with van der Waals surface area (Å²) in [6.07, 6.45) is 2.20. The molecule has 2 N–H and O–H groups in total. The Morgan fingerprint density at radius 1 is 1.17 bits per heavy atom. The Hall–Kier alpha value is -1.40. The van der Waals surface area contributed by atoms with Gasteiger partial charge < -0.3 is 10.5 Å². The van der Waals surface area contributed by atoms with Crippen molar-refractivity contribution in [2.45, 2.75) is 37.4 Å². The van der Waals surface area contributed by atoms with E-state index in [0.717, 1.165) is 6.42 Å². The van der Waals surface area contributed by atoms with Crippen molar-refractivity contribution in [3.05, 3.63) is 40.4 Å². The van der Waals surface area contributed by atoms with E-state index in [9.17, 15) is 10.1 Å². The Bertz CT molecular complexity index is 442. The lowest BCUT2D eigenvalue weighted by atomic mass is 9.69. The molecule has 1 aliphatic carbocycles. The zero-order chi connectivity index (χ0) is 12.5. The third kappa shape index (κ3) is 2.13. The van der Waals surface area contributed by atoms with Crippen molar-refractivity contribution >= 4 is 12.4 Å². The number of hydrogen-bond acceptors (Lipinski definition) is 4. The van der Waals surface area contributed by atoms with Crippen LogP contribution in [0.4, 0.5) is 0 Å². The number of nitrogens with zero attached hydrogens (tertiary/aromatic N) is 1. The minimum atomic E-state index is -0.380. The molecule has 0 radical (unpaired) electrons. The highest BCUT2D eigenvalue weighted by atomic mass is 16.6. The fraction of sp³-hybridized carbons (Fsp3) is 0.500. The summed E-state index contributed by atoms with van der Waals surface area (Å²) in [5.41, 5.74) is 1.20. The molecule has 0 bridgehead atoms. The van der Waals surface area contributed by atoms with E-state index in [2.05, 4.69) is 22.6 Å². The second-order valence-corrected chi connectivity index (χ2v) is 5.14. The van der Waals surface area contributed by atoms with E-state index in [-0.39, 0.29) is 24.0 Å². The molecule has 3 rings (SSSR count). The summed E-state index contributed by atoms with van der Waals surface area (Å²) in [6, 6.07) is 10.4. The summed E-state index contributed by atoms with van der Waals surface area (Å²) < 4.78 is 0. The lowest BCUT2D eigenvalue weighted by Gasteiger charge is -2.27. The van der Waals surface area contributed by atoms with Crippen LogP contribution in [0.15, 0.2) is 30.3 Å². The van der Waals surface area contributed by atoms with Gasteiger partial charge in [-0.2, -0.15) is 0 Å². The molecule has 1 saturated heterocycles. The maximum Gasteiger partial charge on any atom is 0.341 e. The summed E-state index contributed by atoms with van der Waals surface area (Å²) in [7, 11) is 0. The molecule has 0 aromatic heterocycles. The van der Waals surface area contributed by atoms with Crippen molar-refractivity contribution in [2.24, 2.45) is 0 Å². The van der Waals surface area contributed by atoms with Gasteiger partial charge in [0.05, 0.1) is 0 Å². The predicted molar refractivity (Wildman–Crippen MR) is 70.3 cm³/mol. The highest BCUT2D eigenvalue weighted by Crippen LogP contribution is 2.24. The molecule has 3 atom stereocenters. The fourth-order valence-corrected chi connectivity index (χ4v) is 3.04. The van der Waals surface area contributed by atoms with E-state index >= 15 is 0 Å². The summed E-state index contributed by atoms with van der Waals surface area (Å²) in [5.74, 6) is 0. The molecule has 1 heterocycles. The van der Waals surface area contributed by atoms with Gasteiger partial charge in [0.15, 0.2) is 0 Å². The van der Waals surface area contributed by atoms with Crippen LogP contribution in [0.5, 0.6) is 0 Å². The van der Waals surface area contributed by atoms with E-state index < -0.39 is 0 Å². The Labute approximate surface area is 106 Å². The van der Waals surface area contributed by atoms with Gasteiger partial charge in [-0.05, 0) is 11.9 Å². The summed E-state index contributed by atoms with van der Waals surface area (Å²) in [6.45, 7) is 0.131. The van der Waals surface area contributed by atoms with Gasteiger partial charge in [-0.15, -0.1) is 0 Å². The largest absolute Gasteiger partial charge is 0.341 e. The zero-order valence-corrected chi connectivity index (χ0v) is 10.1. The van der Waals surface area contributed by atoms with E-state index in [1.54, 1.807) is 0 Å². The van der Waals surface area contributed by atoms with Crippen molar-refractivity contribution in [3.8, 4) is 0 Å². The average Bonchev–Trinajstić information content (AvgIpc) is 2.82. The van der Waals surface area contributed by atoms with Crippen molar-refractivity contribution in [1.29, 1.82) is 0 Å². The smallest absolute Gasteiger partial charge is 0.334 e. The minimum Gasteiger partial charge on any atom is -0.334 e. The lowest BCUT2D eigenvalue weighted by molar-refractivity contribution is -0.527. The van der Waals surface area contributed by atoms with Crippen LogP contribution in [0.25, 0.3) is 0 Å². The molecule has 1 aromatic rings. The first-order chi connectivity index (χ1) is 8.74. The van der Waals surface area contributed by atoms with Crippen LogP contribution in [0.2, 0.25) is 0 Å². The van der Waals surface area contributed by atoms with Crippen LogP contribution in [-0.2, 0) is 0 Å². The second kappa shape index (κ2) is 4.70. The van der Waals surface area contributed by atoms with Crippen molar-refractivity contribution in [1.82, 2.24) is 10.5 Å². The SMILES string of the molecule is O=[N+]([O-])C1CCC2NB(c3ccccc3)NC2C1. The monoisotopic (exact) mass is 245 g/mol. The van der Waals surface area contributed by atoms with Crippen LogP contribution < -0.4 is 15.9 Å². The highest BCUT2D eigenvalue weighted by Gasteiger charge is 2.43. The number of nitrogens with one attached hydrogen (secondary N) is 2. The van der Waals surface area contributed by atoms with Crippen LogP contribution in [0.1, 0.15) is 19.3 Å². The summed E-state index contributed by atoms with van der Waals surface area (Å²) in [5, 5.41) is 17.9. The van der Waals surface area contributed by atoms with Gasteiger partial charge in [-0.25, -0.2) is 0 Å². The number of hydrogen-bond donors (Lipinski definition) is 2. The maximum atomic E-state index is 10.9. The quantitative estimate of drug-likeness (QED) is 0.442. The van der Waals surface area contributed by atoms with Gasteiger partial charge in [0, 0.05) is 29.8 Å². The Kier molecular flexibility index (Phi) is 3.05. The first kappa shape index (κ1) is 11.7. The lowest BCUT2D eigenvalue weighted by Crippen LogP contribution is -2.50. The number of rotatable bonds is 2. The molecule has 1 aromatic carbocycles. The third-order valence-electron chi connectivity index (χ3n) is 4.02. The van der Waals surface area contributed by atoms with Gasteiger partial charge in [0.25, 0.3) is 0 Å². The molecule has 18 heavy (non-hydrogen) atoms. The second-order valence-electron chi connectivity index (χ2n) is 5.14. The molecule has 0 amide bonds.